The number of rotatable bonds is 4. The molecule has 1 aliphatic heterocycles. The summed E-state index contributed by atoms with van der Waals surface area (Å²) in [6, 6.07) is 14.0. The van der Waals surface area contributed by atoms with Crippen molar-refractivity contribution in [1.29, 1.82) is 0 Å². The van der Waals surface area contributed by atoms with E-state index in [0.29, 0.717) is 47.5 Å². The predicted molar refractivity (Wildman–Crippen MR) is 104 cm³/mol. The lowest BCUT2D eigenvalue weighted by Gasteiger charge is -2.20. The third kappa shape index (κ3) is 4.03. The average molecular weight is 427 g/mol. The van der Waals surface area contributed by atoms with Gasteiger partial charge in [-0.05, 0) is 52.3 Å². The van der Waals surface area contributed by atoms with Crippen molar-refractivity contribution in [2.24, 2.45) is 0 Å². The normalized spacial score (nSPS) is 12.3. The van der Waals surface area contributed by atoms with E-state index in [9.17, 15) is 4.79 Å². The second-order valence-electron chi connectivity index (χ2n) is 5.75. The molecule has 1 aromatic heterocycles. The molecule has 2 heterocycles. The molecule has 1 amide bonds. The van der Waals surface area contributed by atoms with E-state index >= 15 is 0 Å². The van der Waals surface area contributed by atoms with Crippen molar-refractivity contribution in [1.82, 2.24) is 4.98 Å². The molecule has 0 atom stereocenters. The Morgan fingerprint density at radius 3 is 2.48 bits per heavy atom. The first-order chi connectivity index (χ1) is 13.2. The van der Waals surface area contributed by atoms with Gasteiger partial charge in [-0.15, -0.1) is 0 Å². The summed E-state index contributed by atoms with van der Waals surface area (Å²) in [6.45, 7) is 0.999. The van der Waals surface area contributed by atoms with Crippen molar-refractivity contribution in [3.05, 3.63) is 71.0 Å². The SMILES string of the molecule is O=C(Nc1cc2c(cc1Br)OCCO2)c1ccc(Oc2cccnc2)cc1. The fraction of sp³-hybridized carbons (Fsp3) is 0.100. The minimum atomic E-state index is -0.236. The van der Waals surface area contributed by atoms with Crippen LogP contribution in [0.25, 0.3) is 0 Å². The summed E-state index contributed by atoms with van der Waals surface area (Å²) in [6.07, 6.45) is 3.30. The first kappa shape index (κ1) is 17.4. The number of fused-ring (bicyclic) bond motifs is 1. The molecule has 0 unspecified atom stereocenters. The topological polar surface area (TPSA) is 69.7 Å². The van der Waals surface area contributed by atoms with Gasteiger partial charge in [0, 0.05) is 28.4 Å². The monoisotopic (exact) mass is 426 g/mol. The van der Waals surface area contributed by atoms with E-state index in [2.05, 4.69) is 26.2 Å². The van der Waals surface area contributed by atoms with Crippen molar-refractivity contribution in [3.8, 4) is 23.0 Å². The van der Waals surface area contributed by atoms with Crippen LogP contribution in [0.15, 0.2) is 65.4 Å². The zero-order valence-electron chi connectivity index (χ0n) is 14.1. The van der Waals surface area contributed by atoms with E-state index in [1.54, 1.807) is 54.9 Å². The third-order valence-electron chi connectivity index (χ3n) is 3.87. The molecular formula is C20H15BrN2O4. The number of halogens is 1. The molecule has 1 N–H and O–H groups in total. The van der Waals surface area contributed by atoms with Crippen LogP contribution in [0, 0.1) is 0 Å². The first-order valence-corrected chi connectivity index (χ1v) is 9.07. The van der Waals surface area contributed by atoms with E-state index in [0.717, 1.165) is 4.47 Å². The van der Waals surface area contributed by atoms with Crippen LogP contribution in [0.3, 0.4) is 0 Å². The zero-order valence-corrected chi connectivity index (χ0v) is 15.7. The van der Waals surface area contributed by atoms with E-state index in [1.807, 2.05) is 6.07 Å². The van der Waals surface area contributed by atoms with Gasteiger partial charge in [0.15, 0.2) is 11.5 Å². The standard InChI is InChI=1S/C20H15BrN2O4/c21-16-10-18-19(26-9-8-25-18)11-17(16)23-20(24)13-3-5-14(6-4-13)27-15-2-1-7-22-12-15/h1-7,10-12H,8-9H2,(H,23,24). The Hall–Kier alpha value is -3.06. The summed E-state index contributed by atoms with van der Waals surface area (Å²) < 4.78 is 17.5. The van der Waals surface area contributed by atoms with Crippen LogP contribution in [-0.4, -0.2) is 24.1 Å². The molecule has 0 aliphatic carbocycles. The van der Waals surface area contributed by atoms with E-state index in [4.69, 9.17) is 14.2 Å². The van der Waals surface area contributed by atoms with Gasteiger partial charge in [-0.1, -0.05) is 0 Å². The minimum Gasteiger partial charge on any atom is -0.486 e. The molecule has 2 aromatic carbocycles. The summed E-state index contributed by atoms with van der Waals surface area (Å²) in [7, 11) is 0. The van der Waals surface area contributed by atoms with Gasteiger partial charge < -0.3 is 19.5 Å². The summed E-state index contributed by atoms with van der Waals surface area (Å²) in [4.78, 5) is 16.5. The average Bonchev–Trinajstić information content (AvgIpc) is 2.70. The van der Waals surface area contributed by atoms with Crippen LogP contribution >= 0.6 is 15.9 Å². The van der Waals surface area contributed by atoms with Crippen molar-refractivity contribution in [2.75, 3.05) is 18.5 Å². The molecule has 4 rings (SSSR count). The van der Waals surface area contributed by atoms with Crippen LogP contribution < -0.4 is 19.5 Å². The summed E-state index contributed by atoms with van der Waals surface area (Å²) in [5.41, 5.74) is 1.12. The Morgan fingerprint density at radius 2 is 1.78 bits per heavy atom. The Balaban J connectivity index is 1.47. The predicted octanol–water partition coefficient (Wildman–Crippen LogP) is 4.66. The maximum atomic E-state index is 12.5. The smallest absolute Gasteiger partial charge is 0.255 e. The molecule has 7 heteroatoms. The lowest BCUT2D eigenvalue weighted by molar-refractivity contribution is 0.102. The molecule has 0 fully saturated rings. The molecule has 6 nitrogen and oxygen atoms in total. The largest absolute Gasteiger partial charge is 0.486 e. The van der Waals surface area contributed by atoms with Gasteiger partial charge >= 0.3 is 0 Å². The van der Waals surface area contributed by atoms with Gasteiger partial charge in [0.05, 0.1) is 11.9 Å². The maximum absolute atomic E-state index is 12.5. The van der Waals surface area contributed by atoms with Gasteiger partial charge in [0.2, 0.25) is 0 Å². The van der Waals surface area contributed by atoms with Crippen LogP contribution in [0.2, 0.25) is 0 Å². The van der Waals surface area contributed by atoms with Crippen molar-refractivity contribution < 1.29 is 19.0 Å². The van der Waals surface area contributed by atoms with Gasteiger partial charge in [0.25, 0.3) is 5.91 Å². The highest BCUT2D eigenvalue weighted by atomic mass is 79.9. The highest BCUT2D eigenvalue weighted by Crippen LogP contribution is 2.38. The number of nitrogens with zero attached hydrogens (tertiary/aromatic N) is 1. The highest BCUT2D eigenvalue weighted by molar-refractivity contribution is 9.10. The Bertz CT molecular complexity index is 962. The Morgan fingerprint density at radius 1 is 1.04 bits per heavy atom. The highest BCUT2D eigenvalue weighted by Gasteiger charge is 2.16. The minimum absolute atomic E-state index is 0.236. The van der Waals surface area contributed by atoms with Gasteiger partial charge in [-0.2, -0.15) is 0 Å². The van der Waals surface area contributed by atoms with Gasteiger partial charge in [-0.25, -0.2) is 0 Å². The van der Waals surface area contributed by atoms with Crippen LogP contribution in [0.5, 0.6) is 23.0 Å². The van der Waals surface area contributed by atoms with E-state index in [1.165, 1.54) is 0 Å². The number of carbonyl (C=O) groups is 1. The fourth-order valence-electron chi connectivity index (χ4n) is 2.57. The number of hydrogen-bond donors (Lipinski definition) is 1. The van der Waals surface area contributed by atoms with Crippen molar-refractivity contribution >= 4 is 27.5 Å². The first-order valence-electron chi connectivity index (χ1n) is 8.27. The lowest BCUT2D eigenvalue weighted by atomic mass is 10.2. The summed E-state index contributed by atoms with van der Waals surface area (Å²) in [5, 5.41) is 2.87. The molecule has 3 aromatic rings. The van der Waals surface area contributed by atoms with Crippen molar-refractivity contribution in [3.63, 3.8) is 0 Å². The van der Waals surface area contributed by atoms with E-state index in [-0.39, 0.29) is 5.91 Å². The summed E-state index contributed by atoms with van der Waals surface area (Å²) in [5.74, 6) is 2.29. The number of ether oxygens (including phenoxy) is 3. The van der Waals surface area contributed by atoms with Crippen LogP contribution in [0.1, 0.15) is 10.4 Å². The molecule has 1 aliphatic rings. The molecular weight excluding hydrogens is 412 g/mol. The Kier molecular flexibility index (Phi) is 4.93. The van der Waals surface area contributed by atoms with Gasteiger partial charge in [-0.3, -0.25) is 9.78 Å². The lowest BCUT2D eigenvalue weighted by Crippen LogP contribution is -2.17. The molecule has 0 saturated heterocycles. The van der Waals surface area contributed by atoms with E-state index < -0.39 is 0 Å². The quantitative estimate of drug-likeness (QED) is 0.656. The fourth-order valence-corrected chi connectivity index (χ4v) is 2.99. The third-order valence-corrected chi connectivity index (χ3v) is 4.52. The van der Waals surface area contributed by atoms with Crippen LogP contribution in [-0.2, 0) is 0 Å². The molecule has 27 heavy (non-hydrogen) atoms. The number of hydrogen-bond acceptors (Lipinski definition) is 5. The number of aromatic nitrogens is 1. The molecule has 0 bridgehead atoms. The molecule has 0 spiro atoms. The number of benzene rings is 2. The number of nitrogens with one attached hydrogen (secondary N) is 1. The van der Waals surface area contributed by atoms with Gasteiger partial charge in [0.1, 0.15) is 24.7 Å². The molecule has 136 valence electrons. The number of carbonyl (C=O) groups excluding carboxylic acids is 1. The summed E-state index contributed by atoms with van der Waals surface area (Å²) >= 11 is 3.45. The number of anilines is 1. The zero-order chi connectivity index (χ0) is 18.6. The van der Waals surface area contributed by atoms with Crippen molar-refractivity contribution in [2.45, 2.75) is 0 Å². The maximum Gasteiger partial charge on any atom is 0.255 e. The van der Waals surface area contributed by atoms with Crippen LogP contribution in [0.4, 0.5) is 5.69 Å². The Labute approximate surface area is 164 Å². The second-order valence-corrected chi connectivity index (χ2v) is 6.60. The number of pyridine rings is 1. The molecule has 0 radical (unpaired) electrons. The second kappa shape index (κ2) is 7.67. The number of amides is 1. The molecule has 0 saturated carbocycles.